The molecule has 1 amide bonds. The minimum absolute atomic E-state index is 0.145. The van der Waals surface area contributed by atoms with Crippen molar-refractivity contribution >= 4 is 33.5 Å². The van der Waals surface area contributed by atoms with Crippen molar-refractivity contribution in [3.8, 4) is 0 Å². The zero-order chi connectivity index (χ0) is 20.7. The number of hydrogen-bond acceptors (Lipinski definition) is 3. The fraction of sp³-hybridized carbons (Fsp3) is 0.565. The van der Waals surface area contributed by atoms with Gasteiger partial charge in [-0.25, -0.2) is 4.98 Å². The Morgan fingerprint density at radius 2 is 2.07 bits per heavy atom. The van der Waals surface area contributed by atoms with E-state index >= 15 is 0 Å². The first-order valence-electron chi connectivity index (χ1n) is 10.8. The number of carbonyl (C=O) groups excluding carboxylic acids is 1. The molecule has 0 N–H and O–H groups in total. The Hall–Kier alpha value is -1.82. The number of rotatable bonds is 7. The first-order chi connectivity index (χ1) is 13.9. The van der Waals surface area contributed by atoms with Crippen LogP contribution in [-0.4, -0.2) is 40.0 Å². The van der Waals surface area contributed by atoms with Crippen molar-refractivity contribution in [2.45, 2.75) is 59.4 Å². The summed E-state index contributed by atoms with van der Waals surface area (Å²) in [6.07, 6.45) is 3.50. The van der Waals surface area contributed by atoms with E-state index in [0.717, 1.165) is 60.1 Å². The summed E-state index contributed by atoms with van der Waals surface area (Å²) < 4.78 is 3.20. The van der Waals surface area contributed by atoms with Gasteiger partial charge in [0, 0.05) is 30.7 Å². The Morgan fingerprint density at radius 3 is 2.69 bits per heavy atom. The van der Waals surface area contributed by atoms with Crippen molar-refractivity contribution in [3.05, 3.63) is 39.6 Å². The summed E-state index contributed by atoms with van der Waals surface area (Å²) in [5.74, 6) is 2.21. The molecule has 1 aliphatic heterocycles. The van der Waals surface area contributed by atoms with Gasteiger partial charge in [0.1, 0.15) is 5.69 Å². The van der Waals surface area contributed by atoms with E-state index in [0.29, 0.717) is 11.8 Å². The van der Waals surface area contributed by atoms with Crippen LogP contribution in [0.25, 0.3) is 0 Å². The van der Waals surface area contributed by atoms with E-state index in [4.69, 9.17) is 4.98 Å². The van der Waals surface area contributed by atoms with Gasteiger partial charge in [-0.05, 0) is 71.6 Å². The highest BCUT2D eigenvalue weighted by atomic mass is 79.9. The molecule has 1 aliphatic carbocycles. The topological polar surface area (TPSA) is 41.4 Å². The summed E-state index contributed by atoms with van der Waals surface area (Å²) in [6.45, 7) is 11.8. The summed E-state index contributed by atoms with van der Waals surface area (Å²) in [4.78, 5) is 22.5. The van der Waals surface area contributed by atoms with Crippen LogP contribution in [0.5, 0.6) is 0 Å². The zero-order valence-corrected chi connectivity index (χ0v) is 19.5. The van der Waals surface area contributed by atoms with E-state index in [2.05, 4.69) is 64.4 Å². The highest BCUT2D eigenvalue weighted by Crippen LogP contribution is 2.38. The monoisotopic (exact) mass is 458 g/mol. The third kappa shape index (κ3) is 3.96. The van der Waals surface area contributed by atoms with Crippen LogP contribution in [0.4, 0.5) is 11.6 Å². The van der Waals surface area contributed by atoms with Crippen LogP contribution >= 0.6 is 15.9 Å². The lowest BCUT2D eigenvalue weighted by Gasteiger charge is -2.22. The largest absolute Gasteiger partial charge is 0.337 e. The second kappa shape index (κ2) is 8.13. The number of aromatic nitrogens is 2. The molecule has 0 spiro atoms. The number of benzene rings is 1. The molecule has 156 valence electrons. The summed E-state index contributed by atoms with van der Waals surface area (Å²) in [7, 11) is 0. The van der Waals surface area contributed by atoms with Crippen LogP contribution in [0.2, 0.25) is 0 Å². The van der Waals surface area contributed by atoms with Gasteiger partial charge in [0.25, 0.3) is 5.91 Å². The number of aryl methyl sites for hydroxylation is 1. The Bertz CT molecular complexity index is 916. The molecule has 1 aromatic carbocycles. The van der Waals surface area contributed by atoms with E-state index in [1.165, 1.54) is 18.4 Å². The maximum Gasteiger partial charge on any atom is 0.272 e. The molecular formula is C23H31BrN4O. The number of imidazole rings is 1. The van der Waals surface area contributed by atoms with Gasteiger partial charge in [-0.15, -0.1) is 0 Å². The Morgan fingerprint density at radius 1 is 1.31 bits per heavy atom. The van der Waals surface area contributed by atoms with Crippen LogP contribution in [0.1, 0.15) is 67.7 Å². The standard InChI is InChI=1S/C23H31BrN4O/c1-5-10-26(14-17-6-7-17)22(29)21-16(4)25-23-27(11-12-28(21)23)20-9-8-18(15(2)3)13-19(20)24/h8-9,13,15,17H,5-7,10-12,14H2,1-4H3. The SMILES string of the molecule is CCCN(CC1CC1)C(=O)c1c(C)nc2n1CCN2c1ccc(C(C)C)cc1Br. The Labute approximate surface area is 182 Å². The molecule has 5 nitrogen and oxygen atoms in total. The molecule has 0 unspecified atom stereocenters. The van der Waals surface area contributed by atoms with E-state index < -0.39 is 0 Å². The molecule has 29 heavy (non-hydrogen) atoms. The number of fused-ring (bicyclic) bond motifs is 1. The van der Waals surface area contributed by atoms with Crippen LogP contribution in [0.3, 0.4) is 0 Å². The lowest BCUT2D eigenvalue weighted by molar-refractivity contribution is 0.0736. The molecule has 0 saturated heterocycles. The third-order valence-corrected chi connectivity index (χ3v) is 6.63. The van der Waals surface area contributed by atoms with E-state index in [1.807, 2.05) is 11.8 Å². The molecule has 4 rings (SSSR count). The number of halogens is 1. The normalized spacial score (nSPS) is 15.9. The maximum atomic E-state index is 13.4. The quantitative estimate of drug-likeness (QED) is 0.550. The summed E-state index contributed by atoms with van der Waals surface area (Å²) in [5.41, 5.74) is 4.03. The molecule has 0 radical (unpaired) electrons. The van der Waals surface area contributed by atoms with Crippen LogP contribution in [-0.2, 0) is 6.54 Å². The second-order valence-electron chi connectivity index (χ2n) is 8.71. The molecule has 2 aromatic rings. The summed E-state index contributed by atoms with van der Waals surface area (Å²) in [5, 5.41) is 0. The van der Waals surface area contributed by atoms with Gasteiger partial charge >= 0.3 is 0 Å². The van der Waals surface area contributed by atoms with Gasteiger partial charge in [0.2, 0.25) is 5.95 Å². The molecule has 1 aromatic heterocycles. The highest BCUT2D eigenvalue weighted by Gasteiger charge is 2.34. The van der Waals surface area contributed by atoms with Gasteiger partial charge in [-0.2, -0.15) is 0 Å². The number of amides is 1. The van der Waals surface area contributed by atoms with Crippen molar-refractivity contribution in [2.24, 2.45) is 5.92 Å². The van der Waals surface area contributed by atoms with Gasteiger partial charge in [0.05, 0.1) is 11.4 Å². The number of hydrogen-bond donors (Lipinski definition) is 0. The molecule has 6 heteroatoms. The molecular weight excluding hydrogens is 428 g/mol. The molecule has 2 heterocycles. The van der Waals surface area contributed by atoms with Crippen LogP contribution < -0.4 is 4.90 Å². The van der Waals surface area contributed by atoms with Crippen molar-refractivity contribution in [3.63, 3.8) is 0 Å². The second-order valence-corrected chi connectivity index (χ2v) is 9.56. The van der Waals surface area contributed by atoms with Crippen LogP contribution in [0, 0.1) is 12.8 Å². The van der Waals surface area contributed by atoms with E-state index in [9.17, 15) is 4.79 Å². The van der Waals surface area contributed by atoms with Crippen molar-refractivity contribution in [1.82, 2.24) is 14.5 Å². The fourth-order valence-electron chi connectivity index (χ4n) is 4.18. The minimum atomic E-state index is 0.145. The fourth-order valence-corrected chi connectivity index (χ4v) is 4.79. The minimum Gasteiger partial charge on any atom is -0.337 e. The molecule has 0 bridgehead atoms. The van der Waals surface area contributed by atoms with Gasteiger partial charge < -0.3 is 14.4 Å². The molecule has 1 saturated carbocycles. The maximum absolute atomic E-state index is 13.4. The van der Waals surface area contributed by atoms with E-state index in [1.54, 1.807) is 0 Å². The zero-order valence-electron chi connectivity index (χ0n) is 17.9. The molecule has 2 aliphatic rings. The van der Waals surface area contributed by atoms with Crippen molar-refractivity contribution in [1.29, 1.82) is 0 Å². The first-order valence-corrected chi connectivity index (χ1v) is 11.6. The van der Waals surface area contributed by atoms with Crippen LogP contribution in [0.15, 0.2) is 22.7 Å². The predicted octanol–water partition coefficient (Wildman–Crippen LogP) is 5.49. The average Bonchev–Trinajstić information content (AvgIpc) is 3.32. The average molecular weight is 459 g/mol. The summed E-state index contributed by atoms with van der Waals surface area (Å²) in [6, 6.07) is 6.55. The number of carbonyl (C=O) groups is 1. The predicted molar refractivity (Wildman–Crippen MR) is 121 cm³/mol. The highest BCUT2D eigenvalue weighted by molar-refractivity contribution is 9.10. The Kier molecular flexibility index (Phi) is 5.74. The molecule has 1 fully saturated rings. The van der Waals surface area contributed by atoms with E-state index in [-0.39, 0.29) is 5.91 Å². The lowest BCUT2D eigenvalue weighted by atomic mass is 10.0. The van der Waals surface area contributed by atoms with Gasteiger partial charge in [-0.1, -0.05) is 26.8 Å². The van der Waals surface area contributed by atoms with Crippen molar-refractivity contribution < 1.29 is 4.79 Å². The van der Waals surface area contributed by atoms with Gasteiger partial charge in [-0.3, -0.25) is 4.79 Å². The number of nitrogens with zero attached hydrogens (tertiary/aromatic N) is 4. The first kappa shape index (κ1) is 20.5. The summed E-state index contributed by atoms with van der Waals surface area (Å²) >= 11 is 3.76. The molecule has 0 atom stereocenters. The number of anilines is 2. The Balaban J connectivity index is 1.64. The smallest absolute Gasteiger partial charge is 0.272 e. The lowest BCUT2D eigenvalue weighted by Crippen LogP contribution is -2.35. The van der Waals surface area contributed by atoms with Gasteiger partial charge in [0.15, 0.2) is 0 Å². The third-order valence-electron chi connectivity index (χ3n) is 6.00. The van der Waals surface area contributed by atoms with Crippen molar-refractivity contribution in [2.75, 3.05) is 24.5 Å².